The Morgan fingerprint density at radius 2 is 0.475 bits per heavy atom. The summed E-state index contributed by atoms with van der Waals surface area (Å²) >= 11 is 0. The molecule has 4 unspecified atom stereocenters. The molecule has 7 atom stereocenters. The Labute approximate surface area is 619 Å². The number of rotatable bonds is 81. The minimum Gasteiger partial charge on any atom is -0.462 e. The lowest BCUT2D eigenvalue weighted by atomic mass is 9.99. The number of hydrogen-bond donors (Lipinski definition) is 3. The maximum absolute atomic E-state index is 13.1. The number of hydrogen-bond acceptors (Lipinski definition) is 15. The van der Waals surface area contributed by atoms with Gasteiger partial charge in [0.05, 0.1) is 26.4 Å². The molecular formula is C82H160O17P2. The molecule has 0 bridgehead atoms. The summed E-state index contributed by atoms with van der Waals surface area (Å²) in [5, 5.41) is 10.6. The second-order valence-corrected chi connectivity index (χ2v) is 32.9. The van der Waals surface area contributed by atoms with Crippen LogP contribution in [0.2, 0.25) is 0 Å². The van der Waals surface area contributed by atoms with Gasteiger partial charge in [0.2, 0.25) is 0 Å². The summed E-state index contributed by atoms with van der Waals surface area (Å²) in [5.74, 6) is -0.483. The fraction of sp³-hybridized carbons (Fsp3) is 0.951. The normalized spacial score (nSPS) is 14.4. The van der Waals surface area contributed by atoms with Crippen LogP contribution in [0.15, 0.2) is 0 Å². The van der Waals surface area contributed by atoms with Crippen molar-refractivity contribution in [3.63, 3.8) is 0 Å². The van der Waals surface area contributed by atoms with Gasteiger partial charge in [-0.2, -0.15) is 0 Å². The van der Waals surface area contributed by atoms with E-state index < -0.39 is 97.5 Å². The summed E-state index contributed by atoms with van der Waals surface area (Å²) in [6.45, 7) is 9.60. The topological polar surface area (TPSA) is 237 Å². The third-order valence-electron chi connectivity index (χ3n) is 19.9. The number of unbranched alkanes of at least 4 members (excludes halogenated alkanes) is 49. The highest BCUT2D eigenvalue weighted by atomic mass is 31.2. The molecule has 0 saturated heterocycles. The van der Waals surface area contributed by atoms with E-state index >= 15 is 0 Å². The van der Waals surface area contributed by atoms with Gasteiger partial charge in [0, 0.05) is 25.7 Å². The van der Waals surface area contributed by atoms with Crippen LogP contribution in [-0.2, 0) is 65.4 Å². The van der Waals surface area contributed by atoms with Crippen molar-refractivity contribution in [2.24, 2.45) is 11.8 Å². The van der Waals surface area contributed by atoms with Crippen LogP contribution in [0.25, 0.3) is 0 Å². The zero-order valence-electron chi connectivity index (χ0n) is 66.2. The van der Waals surface area contributed by atoms with Gasteiger partial charge in [0.25, 0.3) is 0 Å². The average Bonchev–Trinajstić information content (AvgIpc) is 0.933. The van der Waals surface area contributed by atoms with Gasteiger partial charge < -0.3 is 33.8 Å². The first-order valence-electron chi connectivity index (χ1n) is 42.6. The maximum Gasteiger partial charge on any atom is 0.472 e. The second kappa shape index (κ2) is 73.6. The molecule has 0 spiro atoms. The van der Waals surface area contributed by atoms with Crippen LogP contribution in [0.1, 0.15) is 433 Å². The third-order valence-corrected chi connectivity index (χ3v) is 21.8. The summed E-state index contributed by atoms with van der Waals surface area (Å²) in [6, 6.07) is 0. The number of carbonyl (C=O) groups is 4. The molecule has 101 heavy (non-hydrogen) atoms. The molecule has 600 valence electrons. The Balaban J connectivity index is 5.09. The highest BCUT2D eigenvalue weighted by Crippen LogP contribution is 2.45. The predicted molar refractivity (Wildman–Crippen MR) is 414 cm³/mol. The summed E-state index contributed by atoms with van der Waals surface area (Å²) in [6.07, 6.45) is 64.5. The molecule has 17 nitrogen and oxygen atoms in total. The molecule has 0 rings (SSSR count). The molecule has 0 aromatic heterocycles. The van der Waals surface area contributed by atoms with Crippen LogP contribution < -0.4 is 0 Å². The van der Waals surface area contributed by atoms with E-state index in [0.29, 0.717) is 25.7 Å². The van der Waals surface area contributed by atoms with Gasteiger partial charge in [0.1, 0.15) is 19.3 Å². The third kappa shape index (κ3) is 73.4. The molecule has 0 aliphatic rings. The molecule has 0 heterocycles. The van der Waals surface area contributed by atoms with Gasteiger partial charge in [-0.25, -0.2) is 9.13 Å². The highest BCUT2D eigenvalue weighted by molar-refractivity contribution is 7.47. The van der Waals surface area contributed by atoms with Crippen LogP contribution in [0, 0.1) is 11.8 Å². The van der Waals surface area contributed by atoms with E-state index in [2.05, 4.69) is 41.5 Å². The number of aliphatic hydroxyl groups is 1. The van der Waals surface area contributed by atoms with Gasteiger partial charge in [-0.3, -0.25) is 37.3 Å². The molecule has 0 aliphatic heterocycles. The van der Waals surface area contributed by atoms with Crippen molar-refractivity contribution in [3.05, 3.63) is 0 Å². The predicted octanol–water partition coefficient (Wildman–Crippen LogP) is 24.7. The van der Waals surface area contributed by atoms with Crippen molar-refractivity contribution in [1.29, 1.82) is 0 Å². The fourth-order valence-electron chi connectivity index (χ4n) is 12.6. The Kier molecular flexibility index (Phi) is 72.2. The first kappa shape index (κ1) is 99.1. The van der Waals surface area contributed by atoms with Crippen LogP contribution in [-0.4, -0.2) is 96.7 Å². The Morgan fingerprint density at radius 3 is 0.703 bits per heavy atom. The minimum absolute atomic E-state index is 0.104. The average molecular weight is 1480 g/mol. The molecule has 0 radical (unpaired) electrons. The molecule has 0 fully saturated rings. The molecule has 0 aromatic rings. The van der Waals surface area contributed by atoms with Crippen LogP contribution in [0.5, 0.6) is 0 Å². The van der Waals surface area contributed by atoms with Crippen molar-refractivity contribution in [1.82, 2.24) is 0 Å². The summed E-state index contributed by atoms with van der Waals surface area (Å²) in [7, 11) is -9.91. The zero-order chi connectivity index (χ0) is 74.2. The van der Waals surface area contributed by atoms with Crippen LogP contribution in [0.3, 0.4) is 0 Å². The maximum atomic E-state index is 13.1. The summed E-state index contributed by atoms with van der Waals surface area (Å²) in [5.41, 5.74) is 0. The van der Waals surface area contributed by atoms with Crippen LogP contribution in [0.4, 0.5) is 0 Å². The Bertz CT molecular complexity index is 1950. The summed E-state index contributed by atoms with van der Waals surface area (Å²) < 4.78 is 68.4. The van der Waals surface area contributed by atoms with Gasteiger partial charge >= 0.3 is 39.5 Å². The quantitative estimate of drug-likeness (QED) is 0.0222. The Morgan fingerprint density at radius 1 is 0.277 bits per heavy atom. The lowest BCUT2D eigenvalue weighted by Crippen LogP contribution is -2.30. The van der Waals surface area contributed by atoms with Crippen molar-refractivity contribution in [2.45, 2.75) is 452 Å². The van der Waals surface area contributed by atoms with Crippen molar-refractivity contribution >= 4 is 39.5 Å². The first-order chi connectivity index (χ1) is 48.9. The van der Waals surface area contributed by atoms with E-state index in [-0.39, 0.29) is 25.7 Å². The van der Waals surface area contributed by atoms with E-state index in [4.69, 9.17) is 37.0 Å². The van der Waals surface area contributed by atoms with E-state index in [0.717, 1.165) is 108 Å². The summed E-state index contributed by atoms with van der Waals surface area (Å²) in [4.78, 5) is 72.7. The molecule has 0 aliphatic carbocycles. The van der Waals surface area contributed by atoms with E-state index in [1.807, 2.05) is 0 Å². The van der Waals surface area contributed by atoms with Crippen molar-refractivity contribution < 1.29 is 80.2 Å². The second-order valence-electron chi connectivity index (χ2n) is 30.0. The Hall–Kier alpha value is -1.94. The molecule has 19 heteroatoms. The highest BCUT2D eigenvalue weighted by Gasteiger charge is 2.30. The van der Waals surface area contributed by atoms with Crippen molar-refractivity contribution in [3.8, 4) is 0 Å². The van der Waals surface area contributed by atoms with Crippen molar-refractivity contribution in [2.75, 3.05) is 39.6 Å². The number of phosphoric ester groups is 2. The number of aliphatic hydroxyl groups excluding tert-OH is 1. The number of carbonyl (C=O) groups excluding carboxylic acids is 4. The zero-order valence-corrected chi connectivity index (χ0v) is 68.0. The first-order valence-corrected chi connectivity index (χ1v) is 45.6. The van der Waals surface area contributed by atoms with E-state index in [1.54, 1.807) is 0 Å². The fourth-order valence-corrected chi connectivity index (χ4v) is 14.2. The molecule has 3 N–H and O–H groups in total. The van der Waals surface area contributed by atoms with E-state index in [1.165, 1.54) is 244 Å². The lowest BCUT2D eigenvalue weighted by Gasteiger charge is -2.21. The molecule has 0 saturated carbocycles. The van der Waals surface area contributed by atoms with Gasteiger partial charge in [0.15, 0.2) is 12.2 Å². The monoisotopic (exact) mass is 1480 g/mol. The molecular weight excluding hydrogens is 1320 g/mol. The lowest BCUT2D eigenvalue weighted by molar-refractivity contribution is -0.161. The smallest absolute Gasteiger partial charge is 0.462 e. The molecule has 0 aromatic carbocycles. The number of ether oxygens (including phenoxy) is 4. The van der Waals surface area contributed by atoms with Gasteiger partial charge in [-0.05, 0) is 37.5 Å². The molecule has 0 amide bonds. The van der Waals surface area contributed by atoms with Crippen LogP contribution >= 0.6 is 15.6 Å². The van der Waals surface area contributed by atoms with E-state index in [9.17, 15) is 43.2 Å². The van der Waals surface area contributed by atoms with Gasteiger partial charge in [-0.1, -0.05) is 382 Å². The standard InChI is InChI=1S/C82H160O17P2/c1-7-11-13-15-16-17-18-19-20-21-22-23-24-25-29-32-35-38-41-47-53-59-65-80(85)93-71-78(99-81(86)66-60-54-48-42-39-36-33-30-27-26-28-31-34-37-40-45-51-56-62-74(5)9-3)73-97-101(90,91)95-69-76(83)68-94-100(88,89)96-72-77(70-92-79(84)64-58-50-14-12-8-2)98-82(87)67-61-55-49-44-43-46-52-57-63-75(6)10-4/h74-78,83H,7-73H2,1-6H3,(H,88,89)(H,90,91)/t74?,75?,76-,77+,78+/m0/s1. The SMILES string of the molecule is CCCCCCCCCCCCCCCCCCCCCCCCC(=O)OC[C@H](COP(=O)(O)OC[C@@H](O)COP(=O)(O)OC[C@@H](COC(=O)CCCCCCC)OC(=O)CCCCCCCCCCC(C)CC)OC(=O)CCCCCCCCCCCCCCCCCCCCC(C)CC. The van der Waals surface area contributed by atoms with Gasteiger partial charge in [-0.15, -0.1) is 0 Å². The number of esters is 4. The largest absolute Gasteiger partial charge is 0.472 e. The minimum atomic E-state index is -4.96. The number of phosphoric acid groups is 2.